The van der Waals surface area contributed by atoms with Crippen LogP contribution in [0.5, 0.6) is 0 Å². The molecule has 0 aliphatic heterocycles. The number of aliphatic hydroxyl groups excluding tert-OH is 2. The van der Waals surface area contributed by atoms with Crippen LogP contribution in [0, 0.1) is 0 Å². The minimum absolute atomic E-state index is 0.0159. The molecule has 0 aliphatic carbocycles. The van der Waals surface area contributed by atoms with Crippen molar-refractivity contribution in [3.8, 4) is 0 Å². The monoisotopic (exact) mass is 245 g/mol. The Hall–Kier alpha value is -1.17. The van der Waals surface area contributed by atoms with E-state index in [0.717, 1.165) is 0 Å². The number of aromatic nitrogens is 1. The van der Waals surface area contributed by atoms with Gasteiger partial charge in [-0.2, -0.15) is 0 Å². The van der Waals surface area contributed by atoms with E-state index in [4.69, 9.17) is 16.7 Å². The lowest BCUT2D eigenvalue weighted by molar-refractivity contribution is 0.0143. The molecular weight excluding hydrogens is 234 g/mol. The number of carboxylic acids is 1. The average Bonchev–Trinajstić information content (AvgIpc) is 2.28. The molecule has 5 nitrogen and oxygen atoms in total. The topological polar surface area (TPSA) is 90.7 Å². The van der Waals surface area contributed by atoms with Gasteiger partial charge in [0, 0.05) is 12.1 Å². The first-order valence-corrected chi connectivity index (χ1v) is 5.21. The Bertz CT molecular complexity index is 372. The molecule has 0 radical (unpaired) electrons. The summed E-state index contributed by atoms with van der Waals surface area (Å²) in [6.07, 6.45) is -0.788. The van der Waals surface area contributed by atoms with Crippen LogP contribution in [0.4, 0.5) is 0 Å². The highest BCUT2D eigenvalue weighted by molar-refractivity contribution is 6.17. The van der Waals surface area contributed by atoms with Crippen molar-refractivity contribution in [1.29, 1.82) is 0 Å². The molecule has 0 amide bonds. The number of rotatable bonds is 5. The fourth-order valence-electron chi connectivity index (χ4n) is 1.21. The van der Waals surface area contributed by atoms with Crippen LogP contribution in [0.2, 0.25) is 0 Å². The fraction of sp³-hybridized carbons (Fsp3) is 0.400. The molecular formula is C10H12ClNO4. The summed E-state index contributed by atoms with van der Waals surface area (Å²) >= 11 is 5.42. The van der Waals surface area contributed by atoms with Crippen molar-refractivity contribution < 1.29 is 20.1 Å². The highest BCUT2D eigenvalue weighted by Gasteiger charge is 2.20. The maximum absolute atomic E-state index is 10.7. The summed E-state index contributed by atoms with van der Waals surface area (Å²) in [5.74, 6) is -0.903. The number of pyridine rings is 1. The Morgan fingerprint density at radius 2 is 2.19 bits per heavy atom. The molecule has 2 atom stereocenters. The van der Waals surface area contributed by atoms with Crippen LogP contribution in [-0.2, 0) is 0 Å². The van der Waals surface area contributed by atoms with Gasteiger partial charge in [-0.05, 0) is 18.6 Å². The number of hydrogen-bond donors (Lipinski definition) is 3. The minimum Gasteiger partial charge on any atom is -0.478 e. The van der Waals surface area contributed by atoms with Crippen LogP contribution in [0.1, 0.15) is 28.6 Å². The predicted octanol–water partition coefficient (Wildman–Crippen LogP) is 0.803. The van der Waals surface area contributed by atoms with E-state index < -0.39 is 18.2 Å². The second-order valence-corrected chi connectivity index (χ2v) is 3.64. The molecule has 0 aromatic carbocycles. The molecule has 1 heterocycles. The van der Waals surface area contributed by atoms with E-state index in [0.29, 0.717) is 0 Å². The van der Waals surface area contributed by atoms with Crippen molar-refractivity contribution in [2.75, 3.05) is 5.88 Å². The third-order valence-electron chi connectivity index (χ3n) is 2.10. The fourth-order valence-corrected chi connectivity index (χ4v) is 1.43. The van der Waals surface area contributed by atoms with Gasteiger partial charge in [0.25, 0.3) is 0 Å². The molecule has 1 aromatic rings. The summed E-state index contributed by atoms with van der Waals surface area (Å²) in [7, 11) is 0. The van der Waals surface area contributed by atoms with Crippen molar-refractivity contribution >= 4 is 17.6 Å². The summed E-state index contributed by atoms with van der Waals surface area (Å²) in [6, 6.07) is 2.54. The van der Waals surface area contributed by atoms with Gasteiger partial charge in [0.1, 0.15) is 6.10 Å². The van der Waals surface area contributed by atoms with Crippen LogP contribution in [0.3, 0.4) is 0 Å². The molecule has 88 valence electrons. The Morgan fingerprint density at radius 1 is 1.50 bits per heavy atom. The molecule has 0 saturated heterocycles. The molecule has 0 saturated carbocycles. The molecule has 1 rings (SSSR count). The van der Waals surface area contributed by atoms with Gasteiger partial charge in [-0.1, -0.05) is 0 Å². The van der Waals surface area contributed by atoms with Gasteiger partial charge in [0.15, 0.2) is 0 Å². The van der Waals surface area contributed by atoms with Gasteiger partial charge in [-0.15, -0.1) is 11.6 Å². The summed E-state index contributed by atoms with van der Waals surface area (Å²) in [4.78, 5) is 14.5. The SMILES string of the molecule is O=C(O)c1ccnc(C(O)C(O)CCCl)c1. The number of nitrogens with zero attached hydrogens (tertiary/aromatic N) is 1. The lowest BCUT2D eigenvalue weighted by Gasteiger charge is -2.16. The molecule has 6 heteroatoms. The normalized spacial score (nSPS) is 14.4. The van der Waals surface area contributed by atoms with E-state index in [1.165, 1.54) is 18.3 Å². The first kappa shape index (κ1) is 12.9. The number of alkyl halides is 1. The van der Waals surface area contributed by atoms with Crippen LogP contribution >= 0.6 is 11.6 Å². The van der Waals surface area contributed by atoms with E-state index in [-0.39, 0.29) is 23.6 Å². The standard InChI is InChI=1S/C10H12ClNO4/c11-3-1-8(13)9(14)7-5-6(10(15)16)2-4-12-7/h2,4-5,8-9,13-14H,1,3H2,(H,15,16). The molecule has 1 aromatic heterocycles. The van der Waals surface area contributed by atoms with Crippen molar-refractivity contribution in [1.82, 2.24) is 4.98 Å². The summed E-state index contributed by atoms with van der Waals surface area (Å²) < 4.78 is 0. The van der Waals surface area contributed by atoms with Gasteiger partial charge in [0.05, 0.1) is 17.4 Å². The second-order valence-electron chi connectivity index (χ2n) is 3.26. The van der Waals surface area contributed by atoms with Crippen LogP contribution < -0.4 is 0 Å². The Balaban J connectivity index is 2.86. The Morgan fingerprint density at radius 3 is 2.75 bits per heavy atom. The molecule has 0 fully saturated rings. The average molecular weight is 246 g/mol. The molecule has 0 aliphatic rings. The van der Waals surface area contributed by atoms with Gasteiger partial charge in [-0.3, -0.25) is 4.98 Å². The van der Waals surface area contributed by atoms with Crippen LogP contribution in [0.15, 0.2) is 18.3 Å². The van der Waals surface area contributed by atoms with Gasteiger partial charge in [0.2, 0.25) is 0 Å². The van der Waals surface area contributed by atoms with E-state index in [1.807, 2.05) is 0 Å². The zero-order chi connectivity index (χ0) is 12.1. The Labute approximate surface area is 97.3 Å². The van der Waals surface area contributed by atoms with Crippen molar-refractivity contribution in [3.63, 3.8) is 0 Å². The van der Waals surface area contributed by atoms with Crippen molar-refractivity contribution in [2.24, 2.45) is 0 Å². The third kappa shape index (κ3) is 3.16. The summed E-state index contributed by atoms with van der Waals surface area (Å²) in [5, 5.41) is 27.9. The van der Waals surface area contributed by atoms with E-state index in [2.05, 4.69) is 4.98 Å². The van der Waals surface area contributed by atoms with Gasteiger partial charge < -0.3 is 15.3 Å². The summed E-state index contributed by atoms with van der Waals surface area (Å²) in [6.45, 7) is 0. The van der Waals surface area contributed by atoms with Crippen LogP contribution in [0.25, 0.3) is 0 Å². The lowest BCUT2D eigenvalue weighted by atomic mass is 10.1. The molecule has 0 spiro atoms. The predicted molar refractivity (Wildman–Crippen MR) is 57.5 cm³/mol. The lowest BCUT2D eigenvalue weighted by Crippen LogP contribution is -2.20. The zero-order valence-corrected chi connectivity index (χ0v) is 9.13. The van der Waals surface area contributed by atoms with Gasteiger partial charge in [-0.25, -0.2) is 4.79 Å². The number of carboxylic acid groups (broad SMARTS) is 1. The molecule has 0 bridgehead atoms. The summed E-state index contributed by atoms with van der Waals surface area (Å²) in [5.41, 5.74) is 0.139. The van der Waals surface area contributed by atoms with E-state index in [9.17, 15) is 15.0 Å². The van der Waals surface area contributed by atoms with Crippen molar-refractivity contribution in [3.05, 3.63) is 29.6 Å². The highest BCUT2D eigenvalue weighted by atomic mass is 35.5. The number of carbonyl (C=O) groups is 1. The van der Waals surface area contributed by atoms with Crippen LogP contribution in [-0.4, -0.2) is 38.3 Å². The quantitative estimate of drug-likeness (QED) is 0.668. The molecule has 2 unspecified atom stereocenters. The maximum Gasteiger partial charge on any atom is 0.335 e. The number of aromatic carboxylic acids is 1. The number of hydrogen-bond acceptors (Lipinski definition) is 4. The molecule has 3 N–H and O–H groups in total. The highest BCUT2D eigenvalue weighted by Crippen LogP contribution is 2.18. The minimum atomic E-state index is -1.22. The first-order valence-electron chi connectivity index (χ1n) is 4.67. The Kier molecular flexibility index (Phi) is 4.67. The van der Waals surface area contributed by atoms with E-state index in [1.54, 1.807) is 0 Å². The third-order valence-corrected chi connectivity index (χ3v) is 2.32. The molecule has 16 heavy (non-hydrogen) atoms. The van der Waals surface area contributed by atoms with Gasteiger partial charge >= 0.3 is 5.97 Å². The number of aliphatic hydroxyl groups is 2. The maximum atomic E-state index is 10.7. The largest absolute Gasteiger partial charge is 0.478 e. The smallest absolute Gasteiger partial charge is 0.335 e. The second kappa shape index (κ2) is 5.79. The van der Waals surface area contributed by atoms with E-state index >= 15 is 0 Å². The number of halogens is 1. The van der Waals surface area contributed by atoms with Crippen molar-refractivity contribution in [2.45, 2.75) is 18.6 Å². The zero-order valence-electron chi connectivity index (χ0n) is 8.38. The first-order chi connectivity index (χ1) is 7.56.